The maximum absolute atomic E-state index is 5.51. The Hall–Kier alpha value is -0.830. The number of nitrogens with zero attached hydrogens (tertiary/aromatic N) is 1. The maximum Gasteiger partial charge on any atom is 0.180 e. The van der Waals surface area contributed by atoms with Gasteiger partial charge >= 0.3 is 0 Å². The van der Waals surface area contributed by atoms with Crippen LogP contribution in [0.25, 0.3) is 0 Å². The van der Waals surface area contributed by atoms with E-state index in [4.69, 9.17) is 10.2 Å². The Morgan fingerprint density at radius 3 is 2.80 bits per heavy atom. The van der Waals surface area contributed by atoms with Crippen molar-refractivity contribution in [1.29, 1.82) is 0 Å². The van der Waals surface area contributed by atoms with E-state index >= 15 is 0 Å². The molecule has 0 spiro atoms. The van der Waals surface area contributed by atoms with Gasteiger partial charge in [-0.1, -0.05) is 13.8 Å². The lowest BCUT2D eigenvalue weighted by Crippen LogP contribution is -2.27. The molecule has 0 saturated carbocycles. The second kappa shape index (κ2) is 2.42. The fourth-order valence-corrected chi connectivity index (χ4v) is 0.651. The average Bonchev–Trinajstić information content (AvgIpc) is 2.38. The fourth-order valence-electron chi connectivity index (χ4n) is 0.651. The van der Waals surface area contributed by atoms with Gasteiger partial charge < -0.3 is 10.2 Å². The van der Waals surface area contributed by atoms with E-state index in [9.17, 15) is 0 Å². The lowest BCUT2D eigenvalue weighted by atomic mass is 9.91. The van der Waals surface area contributed by atoms with E-state index in [2.05, 4.69) is 4.98 Å². The van der Waals surface area contributed by atoms with Crippen molar-refractivity contribution >= 4 is 0 Å². The zero-order valence-corrected chi connectivity index (χ0v) is 6.29. The number of hydrogen-bond donors (Lipinski definition) is 1. The van der Waals surface area contributed by atoms with Crippen LogP contribution < -0.4 is 5.73 Å². The van der Waals surface area contributed by atoms with E-state index in [0.29, 0.717) is 6.54 Å². The van der Waals surface area contributed by atoms with E-state index in [0.717, 1.165) is 5.76 Å². The third-order valence-corrected chi connectivity index (χ3v) is 1.61. The van der Waals surface area contributed by atoms with Crippen molar-refractivity contribution in [3.05, 3.63) is 18.4 Å². The van der Waals surface area contributed by atoms with Crippen molar-refractivity contribution in [1.82, 2.24) is 4.98 Å². The zero-order valence-electron chi connectivity index (χ0n) is 6.29. The topological polar surface area (TPSA) is 52.0 Å². The molecule has 3 nitrogen and oxygen atoms in total. The van der Waals surface area contributed by atoms with Gasteiger partial charge in [0.2, 0.25) is 0 Å². The van der Waals surface area contributed by atoms with Crippen molar-refractivity contribution in [2.24, 2.45) is 5.73 Å². The van der Waals surface area contributed by atoms with Gasteiger partial charge in [-0.3, -0.25) is 0 Å². The molecule has 0 atom stereocenters. The molecule has 0 aliphatic rings. The third kappa shape index (κ3) is 1.19. The highest BCUT2D eigenvalue weighted by Gasteiger charge is 2.21. The number of oxazole rings is 1. The van der Waals surface area contributed by atoms with Crippen LogP contribution in [0, 0.1) is 0 Å². The molecule has 1 heterocycles. The SMILES string of the molecule is CC(C)(CN)c1cnco1. The van der Waals surface area contributed by atoms with E-state index in [1.165, 1.54) is 6.39 Å². The molecule has 3 heteroatoms. The summed E-state index contributed by atoms with van der Waals surface area (Å²) in [5.41, 5.74) is 5.42. The molecule has 0 aromatic carbocycles. The predicted octanol–water partition coefficient (Wildman–Crippen LogP) is 0.911. The van der Waals surface area contributed by atoms with Gasteiger partial charge in [-0.15, -0.1) is 0 Å². The van der Waals surface area contributed by atoms with Crippen molar-refractivity contribution in [2.45, 2.75) is 19.3 Å². The van der Waals surface area contributed by atoms with Crippen LogP contribution in [0.3, 0.4) is 0 Å². The Balaban J connectivity index is 2.85. The average molecular weight is 140 g/mol. The van der Waals surface area contributed by atoms with Crippen LogP contribution in [0.15, 0.2) is 17.0 Å². The van der Waals surface area contributed by atoms with E-state index < -0.39 is 0 Å². The highest BCUT2D eigenvalue weighted by atomic mass is 16.3. The van der Waals surface area contributed by atoms with Crippen LogP contribution in [0.1, 0.15) is 19.6 Å². The van der Waals surface area contributed by atoms with E-state index in [1.54, 1.807) is 6.20 Å². The largest absolute Gasteiger partial charge is 0.448 e. The first-order valence-electron chi connectivity index (χ1n) is 3.26. The smallest absolute Gasteiger partial charge is 0.180 e. The first-order valence-corrected chi connectivity index (χ1v) is 3.26. The number of aromatic nitrogens is 1. The molecular weight excluding hydrogens is 128 g/mol. The summed E-state index contributed by atoms with van der Waals surface area (Å²) < 4.78 is 5.10. The molecule has 10 heavy (non-hydrogen) atoms. The summed E-state index contributed by atoms with van der Waals surface area (Å²) in [4.78, 5) is 3.81. The molecule has 0 aliphatic carbocycles. The zero-order chi connectivity index (χ0) is 7.61. The minimum atomic E-state index is -0.0868. The van der Waals surface area contributed by atoms with Crippen LogP contribution in [-0.2, 0) is 5.41 Å². The lowest BCUT2D eigenvalue weighted by Gasteiger charge is -2.17. The number of hydrogen-bond acceptors (Lipinski definition) is 3. The van der Waals surface area contributed by atoms with E-state index in [1.807, 2.05) is 13.8 Å². The summed E-state index contributed by atoms with van der Waals surface area (Å²) in [5.74, 6) is 0.843. The van der Waals surface area contributed by atoms with Crippen LogP contribution in [0.5, 0.6) is 0 Å². The molecule has 0 aliphatic heterocycles. The summed E-state index contributed by atoms with van der Waals surface area (Å²) in [6.45, 7) is 4.61. The second-order valence-electron chi connectivity index (χ2n) is 2.95. The third-order valence-electron chi connectivity index (χ3n) is 1.61. The minimum absolute atomic E-state index is 0.0868. The predicted molar refractivity (Wildman–Crippen MR) is 38.6 cm³/mol. The molecule has 0 fully saturated rings. The Kier molecular flexibility index (Phi) is 1.76. The van der Waals surface area contributed by atoms with Crippen molar-refractivity contribution < 1.29 is 4.42 Å². The summed E-state index contributed by atoms with van der Waals surface area (Å²) in [7, 11) is 0. The first-order chi connectivity index (χ1) is 4.67. The normalized spacial score (nSPS) is 11.9. The highest BCUT2D eigenvalue weighted by Crippen LogP contribution is 2.20. The molecule has 56 valence electrons. The minimum Gasteiger partial charge on any atom is -0.448 e. The molecular formula is C7H12N2O. The van der Waals surface area contributed by atoms with E-state index in [-0.39, 0.29) is 5.41 Å². The summed E-state index contributed by atoms with van der Waals surface area (Å²) >= 11 is 0. The molecule has 0 saturated heterocycles. The number of nitrogens with two attached hydrogens (primary N) is 1. The fraction of sp³-hybridized carbons (Fsp3) is 0.571. The van der Waals surface area contributed by atoms with Crippen LogP contribution >= 0.6 is 0 Å². The van der Waals surface area contributed by atoms with Crippen molar-refractivity contribution in [3.63, 3.8) is 0 Å². The standard InChI is InChI=1S/C7H12N2O/c1-7(2,4-8)6-3-9-5-10-6/h3,5H,4,8H2,1-2H3. The van der Waals surface area contributed by atoms with Gasteiger partial charge in [-0.25, -0.2) is 4.98 Å². The van der Waals surface area contributed by atoms with Crippen LogP contribution in [0.4, 0.5) is 0 Å². The summed E-state index contributed by atoms with van der Waals surface area (Å²) in [6.07, 6.45) is 3.12. The highest BCUT2D eigenvalue weighted by molar-refractivity contribution is 5.06. The van der Waals surface area contributed by atoms with Crippen LogP contribution in [0.2, 0.25) is 0 Å². The molecule has 0 amide bonds. The Bertz CT molecular complexity index is 191. The Morgan fingerprint density at radius 1 is 1.70 bits per heavy atom. The number of rotatable bonds is 2. The lowest BCUT2D eigenvalue weighted by molar-refractivity contribution is 0.390. The maximum atomic E-state index is 5.51. The Morgan fingerprint density at radius 2 is 2.40 bits per heavy atom. The van der Waals surface area contributed by atoms with Gasteiger partial charge in [-0.2, -0.15) is 0 Å². The van der Waals surface area contributed by atoms with Crippen molar-refractivity contribution in [2.75, 3.05) is 6.54 Å². The first kappa shape index (κ1) is 7.28. The van der Waals surface area contributed by atoms with Gasteiger partial charge in [0.15, 0.2) is 6.39 Å². The van der Waals surface area contributed by atoms with Gasteiger partial charge in [-0.05, 0) is 0 Å². The Labute approximate surface area is 60.2 Å². The summed E-state index contributed by atoms with van der Waals surface area (Å²) in [5, 5.41) is 0. The summed E-state index contributed by atoms with van der Waals surface area (Å²) in [6, 6.07) is 0. The van der Waals surface area contributed by atoms with Gasteiger partial charge in [0.1, 0.15) is 5.76 Å². The monoisotopic (exact) mass is 140 g/mol. The molecule has 0 unspecified atom stereocenters. The molecule has 0 radical (unpaired) electrons. The van der Waals surface area contributed by atoms with Gasteiger partial charge in [0, 0.05) is 12.0 Å². The van der Waals surface area contributed by atoms with Gasteiger partial charge in [0.05, 0.1) is 6.20 Å². The molecule has 2 N–H and O–H groups in total. The van der Waals surface area contributed by atoms with Crippen molar-refractivity contribution in [3.8, 4) is 0 Å². The van der Waals surface area contributed by atoms with Gasteiger partial charge in [0.25, 0.3) is 0 Å². The molecule has 0 bridgehead atoms. The molecule has 1 aromatic heterocycles. The molecule has 1 rings (SSSR count). The molecule has 1 aromatic rings. The quantitative estimate of drug-likeness (QED) is 0.664. The van der Waals surface area contributed by atoms with Crippen LogP contribution in [-0.4, -0.2) is 11.5 Å². The second-order valence-corrected chi connectivity index (χ2v) is 2.95.